The van der Waals surface area contributed by atoms with Gasteiger partial charge in [0.05, 0.1) is 17.1 Å². The molecular weight excluding hydrogens is 456 g/mol. The lowest BCUT2D eigenvalue weighted by atomic mass is 10.1. The molecule has 2 aromatic heterocycles. The molecule has 2 heterocycles. The zero-order valence-corrected chi connectivity index (χ0v) is 17.3. The van der Waals surface area contributed by atoms with Crippen LogP contribution in [0.5, 0.6) is 0 Å². The minimum absolute atomic E-state index is 0.120. The van der Waals surface area contributed by atoms with E-state index in [2.05, 4.69) is 20.3 Å². The summed E-state index contributed by atoms with van der Waals surface area (Å²) in [7, 11) is 0. The lowest BCUT2D eigenvalue weighted by Gasteiger charge is -2.21. The van der Waals surface area contributed by atoms with Crippen LogP contribution >= 0.6 is 0 Å². The van der Waals surface area contributed by atoms with Gasteiger partial charge in [-0.3, -0.25) is 9.36 Å². The monoisotopic (exact) mass is 470 g/mol. The molecule has 4 aromatic rings. The summed E-state index contributed by atoms with van der Waals surface area (Å²) in [5.74, 6) is -4.98. The fraction of sp³-hybridized carbons (Fsp3) is 0.0952. The van der Waals surface area contributed by atoms with E-state index in [1.807, 2.05) is 6.07 Å². The van der Waals surface area contributed by atoms with Crippen LogP contribution in [0.2, 0.25) is 0 Å². The Balaban J connectivity index is 2.00. The molecule has 0 amide bonds. The van der Waals surface area contributed by atoms with Crippen LogP contribution in [0.4, 0.5) is 35.1 Å². The van der Waals surface area contributed by atoms with Crippen molar-refractivity contribution in [2.45, 2.75) is 13.0 Å². The van der Waals surface area contributed by atoms with Crippen LogP contribution in [0.3, 0.4) is 0 Å². The normalized spacial score (nSPS) is 11.9. The molecule has 2 aromatic carbocycles. The Morgan fingerprint density at radius 3 is 2.29 bits per heavy atom. The Kier molecular flexibility index (Phi) is 5.50. The molecule has 0 aliphatic carbocycles. The molecule has 9 nitrogen and oxygen atoms in total. The SMILES string of the molecule is C[C@H](Nc1nc(N)nc(N)c1C#N)c1nc2c(F)cc(F)cc2c(=O)n1-c1cc(F)cc(F)c1. The first kappa shape index (κ1) is 22.5. The third-order valence-electron chi connectivity index (χ3n) is 4.83. The summed E-state index contributed by atoms with van der Waals surface area (Å²) in [4.78, 5) is 25.0. The summed E-state index contributed by atoms with van der Waals surface area (Å²) < 4.78 is 57.0. The molecule has 0 spiro atoms. The van der Waals surface area contributed by atoms with E-state index in [0.717, 1.165) is 22.8 Å². The van der Waals surface area contributed by atoms with E-state index in [4.69, 9.17) is 11.5 Å². The van der Waals surface area contributed by atoms with Crippen LogP contribution < -0.4 is 22.3 Å². The molecule has 5 N–H and O–H groups in total. The van der Waals surface area contributed by atoms with Crippen LogP contribution in [-0.4, -0.2) is 19.5 Å². The Morgan fingerprint density at radius 2 is 1.65 bits per heavy atom. The maximum atomic E-state index is 14.5. The number of hydrogen-bond donors (Lipinski definition) is 3. The number of nitriles is 1. The van der Waals surface area contributed by atoms with Gasteiger partial charge in [-0.15, -0.1) is 0 Å². The van der Waals surface area contributed by atoms with Crippen LogP contribution in [0.25, 0.3) is 16.6 Å². The predicted molar refractivity (Wildman–Crippen MR) is 115 cm³/mol. The molecule has 0 saturated carbocycles. The van der Waals surface area contributed by atoms with Gasteiger partial charge in [-0.25, -0.2) is 22.5 Å². The van der Waals surface area contributed by atoms with Crippen molar-refractivity contribution in [3.63, 3.8) is 0 Å². The number of rotatable bonds is 4. The Bertz CT molecular complexity index is 1540. The number of fused-ring (bicyclic) bond motifs is 1. The van der Waals surface area contributed by atoms with E-state index in [1.165, 1.54) is 6.92 Å². The quantitative estimate of drug-likeness (QED) is 0.386. The van der Waals surface area contributed by atoms with E-state index in [9.17, 15) is 27.6 Å². The van der Waals surface area contributed by atoms with Gasteiger partial charge in [0.2, 0.25) is 5.95 Å². The predicted octanol–water partition coefficient (Wildman–Crippen LogP) is 2.94. The highest BCUT2D eigenvalue weighted by Crippen LogP contribution is 2.26. The summed E-state index contributed by atoms with van der Waals surface area (Å²) >= 11 is 0. The van der Waals surface area contributed by atoms with Crippen LogP contribution in [0.15, 0.2) is 35.1 Å². The number of nitrogen functional groups attached to an aromatic ring is 2. The molecule has 0 aliphatic rings. The number of benzene rings is 2. The van der Waals surface area contributed by atoms with Gasteiger partial charge in [-0.1, -0.05) is 0 Å². The third-order valence-corrected chi connectivity index (χ3v) is 4.83. The maximum Gasteiger partial charge on any atom is 0.266 e. The van der Waals surface area contributed by atoms with Crippen LogP contribution in [0.1, 0.15) is 24.4 Å². The largest absolute Gasteiger partial charge is 0.382 e. The zero-order valence-electron chi connectivity index (χ0n) is 17.3. The molecular formula is C21H14F4N8O. The molecule has 0 fully saturated rings. The zero-order chi connectivity index (χ0) is 24.7. The smallest absolute Gasteiger partial charge is 0.266 e. The molecule has 0 bridgehead atoms. The summed E-state index contributed by atoms with van der Waals surface area (Å²) in [6.07, 6.45) is 0. The van der Waals surface area contributed by atoms with E-state index < -0.39 is 45.8 Å². The maximum absolute atomic E-state index is 14.5. The van der Waals surface area contributed by atoms with Gasteiger partial charge in [0.25, 0.3) is 5.56 Å². The van der Waals surface area contributed by atoms with Crippen molar-refractivity contribution >= 4 is 28.5 Å². The average Bonchev–Trinajstić information content (AvgIpc) is 2.73. The number of hydrogen-bond acceptors (Lipinski definition) is 8. The molecule has 34 heavy (non-hydrogen) atoms. The van der Waals surface area contributed by atoms with Gasteiger partial charge in [-0.2, -0.15) is 15.2 Å². The minimum atomic E-state index is -1.12. The highest BCUT2D eigenvalue weighted by atomic mass is 19.1. The molecule has 1 atom stereocenters. The van der Waals surface area contributed by atoms with Gasteiger partial charge in [-0.05, 0) is 25.1 Å². The lowest BCUT2D eigenvalue weighted by Crippen LogP contribution is -2.28. The first-order chi connectivity index (χ1) is 16.1. The third kappa shape index (κ3) is 3.92. The number of aromatic nitrogens is 4. The van der Waals surface area contributed by atoms with Crippen LogP contribution in [-0.2, 0) is 0 Å². The first-order valence-electron chi connectivity index (χ1n) is 9.56. The number of halogens is 4. The fourth-order valence-electron chi connectivity index (χ4n) is 3.42. The number of anilines is 3. The Hall–Kier alpha value is -4.73. The number of nitrogens with one attached hydrogen (secondary N) is 1. The number of nitrogens with two attached hydrogens (primary N) is 2. The molecule has 0 radical (unpaired) electrons. The van der Waals surface area contributed by atoms with Gasteiger partial charge < -0.3 is 16.8 Å². The van der Waals surface area contributed by atoms with Crippen molar-refractivity contribution in [1.29, 1.82) is 5.26 Å². The molecule has 0 unspecified atom stereocenters. The van der Waals surface area contributed by atoms with E-state index in [0.29, 0.717) is 12.1 Å². The highest BCUT2D eigenvalue weighted by molar-refractivity contribution is 5.79. The second-order valence-electron chi connectivity index (χ2n) is 7.19. The average molecular weight is 470 g/mol. The van der Waals surface area contributed by atoms with Crippen molar-refractivity contribution in [3.05, 3.63) is 75.3 Å². The van der Waals surface area contributed by atoms with Crippen molar-refractivity contribution in [1.82, 2.24) is 19.5 Å². The van der Waals surface area contributed by atoms with E-state index in [1.54, 1.807) is 0 Å². The first-order valence-corrected chi connectivity index (χ1v) is 9.56. The topological polar surface area (TPSA) is 149 Å². The van der Waals surface area contributed by atoms with Crippen molar-refractivity contribution in [2.75, 3.05) is 16.8 Å². The summed E-state index contributed by atoms with van der Waals surface area (Å²) in [6, 6.07) is 4.38. The van der Waals surface area contributed by atoms with Crippen molar-refractivity contribution in [3.8, 4) is 11.8 Å². The Morgan fingerprint density at radius 1 is 1.00 bits per heavy atom. The Labute approximate surface area is 188 Å². The van der Waals surface area contributed by atoms with Crippen molar-refractivity contribution < 1.29 is 17.6 Å². The highest BCUT2D eigenvalue weighted by Gasteiger charge is 2.23. The van der Waals surface area contributed by atoms with E-state index >= 15 is 0 Å². The molecule has 13 heteroatoms. The van der Waals surface area contributed by atoms with Crippen molar-refractivity contribution in [2.24, 2.45) is 0 Å². The summed E-state index contributed by atoms with van der Waals surface area (Å²) in [5, 5.41) is 11.7. The molecule has 0 saturated heterocycles. The summed E-state index contributed by atoms with van der Waals surface area (Å²) in [6.45, 7) is 1.46. The van der Waals surface area contributed by atoms with Gasteiger partial charge >= 0.3 is 0 Å². The second-order valence-corrected chi connectivity index (χ2v) is 7.19. The molecule has 172 valence electrons. The number of nitrogens with zero attached hydrogens (tertiary/aromatic N) is 5. The lowest BCUT2D eigenvalue weighted by molar-refractivity contribution is 0.578. The standard InChI is InChI=1S/C21H14F4N8O/c1-8(29-18-14(7-26)17(27)31-21(28)32-18)19-30-16-13(5-11(24)6-15(16)25)20(34)33(19)12-3-9(22)2-10(23)4-12/h2-6,8H,1H3,(H5,27,28,29,31,32)/t8-/m0/s1. The van der Waals surface area contributed by atoms with Gasteiger partial charge in [0.15, 0.2) is 11.6 Å². The van der Waals surface area contributed by atoms with Gasteiger partial charge in [0.1, 0.15) is 46.2 Å². The summed E-state index contributed by atoms with van der Waals surface area (Å²) in [5.41, 5.74) is 9.39. The van der Waals surface area contributed by atoms with Gasteiger partial charge in [0, 0.05) is 12.1 Å². The molecule has 4 rings (SSSR count). The minimum Gasteiger partial charge on any atom is -0.382 e. The second kappa shape index (κ2) is 8.32. The molecule has 0 aliphatic heterocycles. The van der Waals surface area contributed by atoms with E-state index in [-0.39, 0.29) is 34.7 Å². The van der Waals surface area contributed by atoms with Crippen LogP contribution in [0, 0.1) is 34.6 Å². The fourth-order valence-corrected chi connectivity index (χ4v) is 3.42.